The monoisotopic (exact) mass is 362 g/mol. The number of benzene rings is 2. The van der Waals surface area contributed by atoms with Gasteiger partial charge in [-0.3, -0.25) is 14.7 Å². The van der Waals surface area contributed by atoms with Crippen LogP contribution in [0.3, 0.4) is 0 Å². The predicted octanol–water partition coefficient (Wildman–Crippen LogP) is 3.81. The van der Waals surface area contributed by atoms with Crippen LogP contribution < -0.4 is 5.32 Å². The number of carbonyl (C=O) groups is 2. The summed E-state index contributed by atoms with van der Waals surface area (Å²) in [5, 5.41) is 9.74. The second-order valence-corrected chi connectivity index (χ2v) is 6.04. The van der Waals surface area contributed by atoms with Crippen molar-refractivity contribution in [3.05, 3.63) is 71.9 Å². The first kappa shape index (κ1) is 18.4. The van der Waals surface area contributed by atoms with Gasteiger partial charge in [-0.1, -0.05) is 36.4 Å². The van der Waals surface area contributed by atoms with Crippen molar-refractivity contribution < 1.29 is 9.59 Å². The Hall–Kier alpha value is -3.41. The van der Waals surface area contributed by atoms with E-state index in [1.807, 2.05) is 44.2 Å². The number of carbonyl (C=O) groups excluding carboxylic acids is 2. The number of rotatable bonds is 6. The number of amides is 2. The van der Waals surface area contributed by atoms with Gasteiger partial charge in [0.1, 0.15) is 0 Å². The van der Waals surface area contributed by atoms with E-state index in [-0.39, 0.29) is 11.8 Å². The Bertz CT molecular complexity index is 930. The summed E-state index contributed by atoms with van der Waals surface area (Å²) < 4.78 is 0. The minimum absolute atomic E-state index is 0.0515. The van der Waals surface area contributed by atoms with Crippen LogP contribution in [-0.4, -0.2) is 40.0 Å². The van der Waals surface area contributed by atoms with Crippen molar-refractivity contribution in [2.24, 2.45) is 0 Å². The van der Waals surface area contributed by atoms with Crippen LogP contribution >= 0.6 is 0 Å². The summed E-state index contributed by atoms with van der Waals surface area (Å²) >= 11 is 0. The van der Waals surface area contributed by atoms with Crippen LogP contribution in [0.1, 0.15) is 34.6 Å². The molecule has 6 heteroatoms. The average Bonchev–Trinajstić information content (AvgIpc) is 3.20. The van der Waals surface area contributed by atoms with Crippen molar-refractivity contribution in [3.63, 3.8) is 0 Å². The highest BCUT2D eigenvalue weighted by Gasteiger charge is 2.17. The maximum atomic E-state index is 12.7. The van der Waals surface area contributed by atoms with E-state index in [2.05, 4.69) is 15.5 Å². The lowest BCUT2D eigenvalue weighted by Gasteiger charge is -2.19. The zero-order valence-corrected chi connectivity index (χ0v) is 15.4. The molecular formula is C21H22N4O2. The molecule has 3 aromatic rings. The van der Waals surface area contributed by atoms with Crippen LogP contribution in [-0.2, 0) is 0 Å². The number of aromatic amines is 1. The molecule has 2 N–H and O–H groups in total. The van der Waals surface area contributed by atoms with Crippen molar-refractivity contribution in [2.45, 2.75) is 13.8 Å². The zero-order valence-electron chi connectivity index (χ0n) is 15.4. The second kappa shape index (κ2) is 8.31. The first-order valence-electron chi connectivity index (χ1n) is 8.93. The SMILES string of the molecule is CCN(CC)C(=O)c1cccc(NC(=O)c2cn[nH]c2-c2ccccc2)c1. The van der Waals surface area contributed by atoms with Gasteiger partial charge in [-0.05, 0) is 32.0 Å². The van der Waals surface area contributed by atoms with Gasteiger partial charge >= 0.3 is 0 Å². The number of nitrogens with zero attached hydrogens (tertiary/aromatic N) is 2. The maximum absolute atomic E-state index is 12.7. The van der Waals surface area contributed by atoms with Gasteiger partial charge in [-0.25, -0.2) is 0 Å². The Morgan fingerprint density at radius 1 is 1.04 bits per heavy atom. The number of hydrogen-bond acceptors (Lipinski definition) is 3. The first-order valence-corrected chi connectivity index (χ1v) is 8.93. The summed E-state index contributed by atoms with van der Waals surface area (Å²) in [6.07, 6.45) is 1.50. The second-order valence-electron chi connectivity index (χ2n) is 6.04. The summed E-state index contributed by atoms with van der Waals surface area (Å²) in [6.45, 7) is 5.16. The zero-order chi connectivity index (χ0) is 19.2. The van der Waals surface area contributed by atoms with E-state index in [4.69, 9.17) is 0 Å². The van der Waals surface area contributed by atoms with Gasteiger partial charge in [-0.15, -0.1) is 0 Å². The largest absolute Gasteiger partial charge is 0.339 e. The molecule has 0 unspecified atom stereocenters. The summed E-state index contributed by atoms with van der Waals surface area (Å²) in [7, 11) is 0. The highest BCUT2D eigenvalue weighted by atomic mass is 16.2. The molecule has 0 radical (unpaired) electrons. The number of hydrogen-bond donors (Lipinski definition) is 2. The van der Waals surface area contributed by atoms with E-state index in [0.29, 0.717) is 35.6 Å². The number of anilines is 1. The molecule has 0 fully saturated rings. The van der Waals surface area contributed by atoms with Gasteiger partial charge in [-0.2, -0.15) is 5.10 Å². The van der Waals surface area contributed by atoms with E-state index in [0.717, 1.165) is 5.56 Å². The first-order chi connectivity index (χ1) is 13.1. The molecule has 27 heavy (non-hydrogen) atoms. The van der Waals surface area contributed by atoms with Crippen molar-refractivity contribution in [1.29, 1.82) is 0 Å². The van der Waals surface area contributed by atoms with Gasteiger partial charge in [0, 0.05) is 29.9 Å². The summed E-state index contributed by atoms with van der Waals surface area (Å²) in [5.41, 5.74) is 3.10. The fourth-order valence-electron chi connectivity index (χ4n) is 2.90. The molecule has 0 aliphatic rings. The molecule has 138 valence electrons. The average molecular weight is 362 g/mol. The van der Waals surface area contributed by atoms with Crippen molar-refractivity contribution in [2.75, 3.05) is 18.4 Å². The normalized spacial score (nSPS) is 10.4. The molecule has 0 atom stereocenters. The van der Waals surface area contributed by atoms with Gasteiger partial charge < -0.3 is 10.2 Å². The summed E-state index contributed by atoms with van der Waals surface area (Å²) in [6, 6.07) is 16.5. The standard InChI is InChI=1S/C21H22N4O2/c1-3-25(4-2)21(27)16-11-8-12-17(13-16)23-20(26)18-14-22-24-19(18)15-9-6-5-7-10-15/h5-14H,3-4H2,1-2H3,(H,22,24)(H,23,26). The van der Waals surface area contributed by atoms with Crippen LogP contribution in [0.15, 0.2) is 60.8 Å². The summed E-state index contributed by atoms with van der Waals surface area (Å²) in [5.74, 6) is -0.334. The minimum Gasteiger partial charge on any atom is -0.339 e. The Morgan fingerprint density at radius 2 is 1.78 bits per heavy atom. The molecule has 0 spiro atoms. The topological polar surface area (TPSA) is 78.1 Å². The van der Waals surface area contributed by atoms with Crippen molar-refractivity contribution in [1.82, 2.24) is 15.1 Å². The van der Waals surface area contributed by atoms with Crippen LogP contribution in [0.4, 0.5) is 5.69 Å². The van der Waals surface area contributed by atoms with E-state index in [1.165, 1.54) is 6.20 Å². The van der Waals surface area contributed by atoms with Crippen LogP contribution in [0, 0.1) is 0 Å². The lowest BCUT2D eigenvalue weighted by Crippen LogP contribution is -2.30. The van der Waals surface area contributed by atoms with E-state index < -0.39 is 0 Å². The third-order valence-electron chi connectivity index (χ3n) is 4.36. The van der Waals surface area contributed by atoms with Crippen LogP contribution in [0.2, 0.25) is 0 Å². The third kappa shape index (κ3) is 4.06. The Morgan fingerprint density at radius 3 is 2.48 bits per heavy atom. The third-order valence-corrected chi connectivity index (χ3v) is 4.36. The number of nitrogens with one attached hydrogen (secondary N) is 2. The quantitative estimate of drug-likeness (QED) is 0.700. The number of aromatic nitrogens is 2. The Balaban J connectivity index is 1.81. The lowest BCUT2D eigenvalue weighted by molar-refractivity contribution is 0.0772. The molecular weight excluding hydrogens is 340 g/mol. The van der Waals surface area contributed by atoms with E-state index in [1.54, 1.807) is 29.2 Å². The minimum atomic E-state index is -0.282. The van der Waals surface area contributed by atoms with E-state index in [9.17, 15) is 9.59 Å². The van der Waals surface area contributed by atoms with Gasteiger partial charge in [0.25, 0.3) is 11.8 Å². The molecule has 0 saturated carbocycles. The molecule has 0 bridgehead atoms. The smallest absolute Gasteiger partial charge is 0.259 e. The van der Waals surface area contributed by atoms with Crippen molar-refractivity contribution >= 4 is 17.5 Å². The lowest BCUT2D eigenvalue weighted by atomic mass is 10.1. The van der Waals surface area contributed by atoms with Gasteiger partial charge in [0.2, 0.25) is 0 Å². The highest BCUT2D eigenvalue weighted by Crippen LogP contribution is 2.22. The highest BCUT2D eigenvalue weighted by molar-refractivity contribution is 6.08. The molecule has 1 aromatic heterocycles. The molecule has 3 rings (SSSR count). The molecule has 6 nitrogen and oxygen atoms in total. The number of H-pyrrole nitrogens is 1. The van der Waals surface area contributed by atoms with Crippen molar-refractivity contribution in [3.8, 4) is 11.3 Å². The molecule has 0 aliphatic heterocycles. The molecule has 2 aromatic carbocycles. The van der Waals surface area contributed by atoms with Crippen LogP contribution in [0.25, 0.3) is 11.3 Å². The Kier molecular flexibility index (Phi) is 5.66. The predicted molar refractivity (Wildman–Crippen MR) is 106 cm³/mol. The fourth-order valence-corrected chi connectivity index (χ4v) is 2.90. The molecule has 2 amide bonds. The van der Waals surface area contributed by atoms with Crippen LogP contribution in [0.5, 0.6) is 0 Å². The van der Waals surface area contributed by atoms with Gasteiger partial charge in [0.15, 0.2) is 0 Å². The van der Waals surface area contributed by atoms with E-state index >= 15 is 0 Å². The maximum Gasteiger partial charge on any atom is 0.259 e. The fraction of sp³-hybridized carbons (Fsp3) is 0.190. The molecule has 0 saturated heterocycles. The summed E-state index contributed by atoms with van der Waals surface area (Å²) in [4.78, 5) is 27.0. The van der Waals surface area contributed by atoms with Gasteiger partial charge in [0.05, 0.1) is 17.5 Å². The Labute approximate surface area is 158 Å². The molecule has 0 aliphatic carbocycles. The molecule has 1 heterocycles.